The molecule has 58 valence electrons. The lowest BCUT2D eigenvalue weighted by Crippen LogP contribution is -2.45. The zero-order chi connectivity index (χ0) is 7.40. The van der Waals surface area contributed by atoms with E-state index in [1.54, 1.807) is 0 Å². The van der Waals surface area contributed by atoms with Crippen molar-refractivity contribution in [3.05, 3.63) is 0 Å². The Hall–Kier alpha value is -0.410. The van der Waals surface area contributed by atoms with Crippen LogP contribution < -0.4 is 5.32 Å². The third kappa shape index (κ3) is 1.78. The number of rotatable bonds is 2. The van der Waals surface area contributed by atoms with E-state index < -0.39 is 0 Å². The van der Waals surface area contributed by atoms with Crippen LogP contribution in [0.3, 0.4) is 0 Å². The van der Waals surface area contributed by atoms with Crippen LogP contribution in [0.5, 0.6) is 0 Å². The largest absolute Gasteiger partial charge is 0.378 e. The molecule has 1 heterocycles. The van der Waals surface area contributed by atoms with Crippen LogP contribution >= 0.6 is 0 Å². The molecule has 0 aromatic carbocycles. The molecular weight excluding hydrogens is 130 g/mol. The quantitative estimate of drug-likeness (QED) is 0.544. The fourth-order valence-electron chi connectivity index (χ4n) is 1.02. The lowest BCUT2D eigenvalue weighted by Gasteiger charge is -2.25. The van der Waals surface area contributed by atoms with E-state index in [1.165, 1.54) is 0 Å². The van der Waals surface area contributed by atoms with E-state index in [1.807, 2.05) is 6.92 Å². The minimum atomic E-state index is 0.0697. The molecule has 0 bridgehead atoms. The van der Waals surface area contributed by atoms with E-state index in [-0.39, 0.29) is 12.0 Å². The molecule has 1 saturated heterocycles. The average molecular weight is 143 g/mol. The van der Waals surface area contributed by atoms with Crippen LogP contribution in [0.25, 0.3) is 0 Å². The third-order valence-corrected chi connectivity index (χ3v) is 1.80. The van der Waals surface area contributed by atoms with E-state index in [0.29, 0.717) is 6.61 Å². The van der Waals surface area contributed by atoms with E-state index in [4.69, 9.17) is 4.74 Å². The molecule has 2 unspecified atom stereocenters. The molecule has 0 aromatic rings. The standard InChI is InChI=1S/C7H13NO2/c1-6(4-9)7-5-10-3-2-8-7/h4,6-8H,2-3,5H2,1H3. The van der Waals surface area contributed by atoms with Crippen molar-refractivity contribution < 1.29 is 9.53 Å². The van der Waals surface area contributed by atoms with Gasteiger partial charge in [0.2, 0.25) is 0 Å². The van der Waals surface area contributed by atoms with Crippen molar-refractivity contribution in [2.45, 2.75) is 13.0 Å². The Kier molecular flexibility index (Phi) is 2.83. The van der Waals surface area contributed by atoms with E-state index in [0.717, 1.165) is 19.4 Å². The summed E-state index contributed by atoms with van der Waals surface area (Å²) in [5.74, 6) is 0.0697. The van der Waals surface area contributed by atoms with Crippen molar-refractivity contribution in [3.63, 3.8) is 0 Å². The monoisotopic (exact) mass is 143 g/mol. The summed E-state index contributed by atoms with van der Waals surface area (Å²) in [5.41, 5.74) is 0. The maximum absolute atomic E-state index is 10.3. The first-order valence-corrected chi connectivity index (χ1v) is 3.61. The highest BCUT2D eigenvalue weighted by Crippen LogP contribution is 2.02. The Morgan fingerprint density at radius 2 is 2.60 bits per heavy atom. The van der Waals surface area contributed by atoms with Gasteiger partial charge in [0.25, 0.3) is 0 Å². The Morgan fingerprint density at radius 1 is 1.80 bits per heavy atom. The molecule has 2 atom stereocenters. The van der Waals surface area contributed by atoms with Gasteiger partial charge in [-0.3, -0.25) is 0 Å². The summed E-state index contributed by atoms with van der Waals surface area (Å²) in [6.07, 6.45) is 0.965. The van der Waals surface area contributed by atoms with E-state index >= 15 is 0 Å². The molecule has 1 aliphatic rings. The van der Waals surface area contributed by atoms with Crippen molar-refractivity contribution in [1.29, 1.82) is 0 Å². The van der Waals surface area contributed by atoms with Crippen molar-refractivity contribution in [2.24, 2.45) is 5.92 Å². The zero-order valence-electron chi connectivity index (χ0n) is 6.17. The van der Waals surface area contributed by atoms with Crippen molar-refractivity contribution in [3.8, 4) is 0 Å². The number of hydrogen-bond donors (Lipinski definition) is 1. The maximum atomic E-state index is 10.3. The minimum Gasteiger partial charge on any atom is -0.378 e. The number of carbonyl (C=O) groups is 1. The third-order valence-electron chi connectivity index (χ3n) is 1.80. The fraction of sp³-hybridized carbons (Fsp3) is 0.857. The van der Waals surface area contributed by atoms with E-state index in [2.05, 4.69) is 5.32 Å². The second-order valence-electron chi connectivity index (χ2n) is 2.63. The summed E-state index contributed by atoms with van der Waals surface area (Å²) in [6.45, 7) is 4.20. The molecule has 0 aromatic heterocycles. The van der Waals surface area contributed by atoms with Gasteiger partial charge < -0.3 is 14.8 Å². The van der Waals surface area contributed by atoms with Crippen LogP contribution in [0.15, 0.2) is 0 Å². The molecule has 0 saturated carbocycles. The van der Waals surface area contributed by atoms with Gasteiger partial charge in [-0.05, 0) is 0 Å². The highest BCUT2D eigenvalue weighted by Gasteiger charge is 2.18. The number of hydrogen-bond acceptors (Lipinski definition) is 3. The van der Waals surface area contributed by atoms with Gasteiger partial charge in [0.05, 0.1) is 13.2 Å². The molecule has 1 aliphatic heterocycles. The van der Waals surface area contributed by atoms with Gasteiger partial charge in [-0.1, -0.05) is 6.92 Å². The second kappa shape index (κ2) is 3.68. The fourth-order valence-corrected chi connectivity index (χ4v) is 1.02. The van der Waals surface area contributed by atoms with Crippen molar-refractivity contribution in [2.75, 3.05) is 19.8 Å². The number of ether oxygens (including phenoxy) is 1. The zero-order valence-corrected chi connectivity index (χ0v) is 6.17. The van der Waals surface area contributed by atoms with Gasteiger partial charge in [-0.25, -0.2) is 0 Å². The minimum absolute atomic E-state index is 0.0697. The predicted octanol–water partition coefficient (Wildman–Crippen LogP) is -0.190. The average Bonchev–Trinajstić information content (AvgIpc) is 2.05. The molecule has 0 spiro atoms. The van der Waals surface area contributed by atoms with Crippen LogP contribution in [0.1, 0.15) is 6.92 Å². The highest BCUT2D eigenvalue weighted by molar-refractivity contribution is 5.54. The first kappa shape index (κ1) is 7.69. The molecule has 3 nitrogen and oxygen atoms in total. The number of nitrogens with one attached hydrogen (secondary N) is 1. The van der Waals surface area contributed by atoms with Crippen LogP contribution in [0.2, 0.25) is 0 Å². The Labute approximate surface area is 60.7 Å². The Balaban J connectivity index is 2.30. The smallest absolute Gasteiger partial charge is 0.124 e. The van der Waals surface area contributed by atoms with Crippen molar-refractivity contribution in [1.82, 2.24) is 5.32 Å². The molecule has 1 N–H and O–H groups in total. The highest BCUT2D eigenvalue weighted by atomic mass is 16.5. The summed E-state index contributed by atoms with van der Waals surface area (Å²) in [7, 11) is 0. The molecular formula is C7H13NO2. The topological polar surface area (TPSA) is 38.3 Å². The Bertz CT molecular complexity index is 110. The number of morpholine rings is 1. The summed E-state index contributed by atoms with van der Waals surface area (Å²) in [6, 6.07) is 0.228. The molecule has 0 amide bonds. The molecule has 10 heavy (non-hydrogen) atoms. The molecule has 0 radical (unpaired) electrons. The van der Waals surface area contributed by atoms with Gasteiger partial charge in [-0.15, -0.1) is 0 Å². The predicted molar refractivity (Wildman–Crippen MR) is 37.8 cm³/mol. The van der Waals surface area contributed by atoms with Gasteiger partial charge >= 0.3 is 0 Å². The van der Waals surface area contributed by atoms with Gasteiger partial charge in [-0.2, -0.15) is 0 Å². The number of aldehydes is 1. The first-order valence-electron chi connectivity index (χ1n) is 3.61. The van der Waals surface area contributed by atoms with E-state index in [9.17, 15) is 4.79 Å². The first-order chi connectivity index (χ1) is 4.84. The summed E-state index contributed by atoms with van der Waals surface area (Å²) in [4.78, 5) is 10.3. The second-order valence-corrected chi connectivity index (χ2v) is 2.63. The lowest BCUT2D eigenvalue weighted by molar-refractivity contribution is -0.112. The normalized spacial score (nSPS) is 29.5. The van der Waals surface area contributed by atoms with Crippen LogP contribution in [0.4, 0.5) is 0 Å². The summed E-state index contributed by atoms with van der Waals surface area (Å²) < 4.78 is 5.18. The van der Waals surface area contributed by atoms with Gasteiger partial charge in [0, 0.05) is 18.5 Å². The number of carbonyl (C=O) groups excluding carboxylic acids is 1. The molecule has 0 aliphatic carbocycles. The molecule has 3 heteroatoms. The SMILES string of the molecule is CC(C=O)C1COCCN1. The summed E-state index contributed by atoms with van der Waals surface area (Å²) in [5, 5.41) is 3.21. The molecule has 1 fully saturated rings. The van der Waals surface area contributed by atoms with Gasteiger partial charge in [0.15, 0.2) is 0 Å². The maximum Gasteiger partial charge on any atom is 0.124 e. The molecule has 1 rings (SSSR count). The van der Waals surface area contributed by atoms with Gasteiger partial charge in [0.1, 0.15) is 6.29 Å². The Morgan fingerprint density at radius 3 is 3.10 bits per heavy atom. The van der Waals surface area contributed by atoms with Crippen molar-refractivity contribution >= 4 is 6.29 Å². The van der Waals surface area contributed by atoms with Crippen LogP contribution in [0, 0.1) is 5.92 Å². The van der Waals surface area contributed by atoms with Crippen LogP contribution in [-0.4, -0.2) is 32.1 Å². The van der Waals surface area contributed by atoms with Crippen LogP contribution in [-0.2, 0) is 9.53 Å². The lowest BCUT2D eigenvalue weighted by atomic mass is 10.0. The summed E-state index contributed by atoms with van der Waals surface area (Å²) >= 11 is 0.